The molecule has 0 saturated heterocycles. The van der Waals surface area contributed by atoms with E-state index in [1.807, 2.05) is 0 Å². The van der Waals surface area contributed by atoms with Gasteiger partial charge in [-0.1, -0.05) is 66.0 Å². The fourth-order valence-electron chi connectivity index (χ4n) is 1.96. The van der Waals surface area contributed by atoms with E-state index in [2.05, 4.69) is 36.5 Å². The number of hydrogen-bond acceptors (Lipinski definition) is 1. The molecule has 0 saturated carbocycles. The Morgan fingerprint density at radius 2 is 1.40 bits per heavy atom. The van der Waals surface area contributed by atoms with E-state index in [4.69, 9.17) is 34.8 Å². The minimum absolute atomic E-state index is 0.521. The van der Waals surface area contributed by atoms with Crippen LogP contribution in [0.4, 0.5) is 0 Å². The summed E-state index contributed by atoms with van der Waals surface area (Å²) >= 11 is 18.3. The van der Waals surface area contributed by atoms with Crippen LogP contribution in [-0.2, 0) is 19.5 Å². The Bertz CT molecular complexity index is 579. The predicted molar refractivity (Wildman–Crippen MR) is 87.8 cm³/mol. The molecule has 0 unspecified atom stereocenters. The van der Waals surface area contributed by atoms with Gasteiger partial charge in [-0.25, -0.2) is 0 Å². The summed E-state index contributed by atoms with van der Waals surface area (Å²) in [7, 11) is 0. The molecule has 0 amide bonds. The van der Waals surface area contributed by atoms with Crippen LogP contribution in [0.1, 0.15) is 23.6 Å². The molecule has 0 spiro atoms. The molecule has 0 aliphatic carbocycles. The molecule has 0 heterocycles. The summed E-state index contributed by atoms with van der Waals surface area (Å²) in [5.41, 5.74) is 3.41. The normalized spacial score (nSPS) is 10.8. The molecule has 2 rings (SSSR count). The molecule has 0 radical (unpaired) electrons. The lowest BCUT2D eigenvalue weighted by atomic mass is 10.1. The first kappa shape index (κ1) is 15.7. The van der Waals surface area contributed by atoms with Crippen molar-refractivity contribution in [2.75, 3.05) is 0 Å². The summed E-state index contributed by atoms with van der Waals surface area (Å²) in [5.74, 6) is 0. The van der Waals surface area contributed by atoms with E-state index in [-0.39, 0.29) is 0 Å². The third-order valence-electron chi connectivity index (χ3n) is 3.20. The summed E-state index contributed by atoms with van der Waals surface area (Å²) in [6.45, 7) is 3.51. The molecule has 2 aromatic rings. The number of aryl methyl sites for hydroxylation is 1. The third kappa shape index (κ3) is 3.89. The molecule has 0 aliphatic rings. The van der Waals surface area contributed by atoms with Crippen molar-refractivity contribution in [1.82, 2.24) is 5.32 Å². The van der Waals surface area contributed by atoms with Gasteiger partial charge in [0.25, 0.3) is 0 Å². The van der Waals surface area contributed by atoms with Crippen molar-refractivity contribution < 1.29 is 0 Å². The highest BCUT2D eigenvalue weighted by Gasteiger charge is 2.09. The summed E-state index contributed by atoms with van der Waals surface area (Å²) < 4.78 is 0. The van der Waals surface area contributed by atoms with E-state index in [9.17, 15) is 0 Å². The lowest BCUT2D eigenvalue weighted by molar-refractivity contribution is 0.693. The highest BCUT2D eigenvalue weighted by molar-refractivity contribution is 6.44. The van der Waals surface area contributed by atoms with Gasteiger partial charge in [-0.2, -0.15) is 0 Å². The van der Waals surface area contributed by atoms with Crippen LogP contribution in [0.5, 0.6) is 0 Å². The first-order chi connectivity index (χ1) is 9.61. The van der Waals surface area contributed by atoms with Gasteiger partial charge < -0.3 is 5.32 Å². The molecule has 0 fully saturated rings. The lowest BCUT2D eigenvalue weighted by Crippen LogP contribution is -2.13. The second-order valence-corrected chi connectivity index (χ2v) is 5.79. The highest BCUT2D eigenvalue weighted by atomic mass is 35.5. The van der Waals surface area contributed by atoms with Crippen molar-refractivity contribution in [3.63, 3.8) is 0 Å². The zero-order chi connectivity index (χ0) is 14.5. The summed E-state index contributed by atoms with van der Waals surface area (Å²) in [6.07, 6.45) is 1.06. The van der Waals surface area contributed by atoms with E-state index in [1.165, 1.54) is 11.1 Å². The van der Waals surface area contributed by atoms with Crippen molar-refractivity contribution in [2.45, 2.75) is 26.4 Å². The minimum atomic E-state index is 0.521. The zero-order valence-electron chi connectivity index (χ0n) is 11.2. The van der Waals surface area contributed by atoms with E-state index in [0.717, 1.165) is 18.5 Å². The second kappa shape index (κ2) is 7.33. The Labute approximate surface area is 134 Å². The molecular weight excluding hydrogens is 313 g/mol. The van der Waals surface area contributed by atoms with Gasteiger partial charge in [-0.15, -0.1) is 0 Å². The number of halogens is 3. The molecule has 2 aromatic carbocycles. The average Bonchev–Trinajstić information content (AvgIpc) is 2.47. The fourth-order valence-corrected chi connectivity index (χ4v) is 2.64. The van der Waals surface area contributed by atoms with Gasteiger partial charge in [0, 0.05) is 23.7 Å². The molecule has 4 heteroatoms. The molecular formula is C16H16Cl3N. The van der Waals surface area contributed by atoms with Crippen LogP contribution < -0.4 is 5.32 Å². The predicted octanol–water partition coefficient (Wildman–Crippen LogP) is 5.50. The maximum atomic E-state index is 6.16. The average molecular weight is 329 g/mol. The first-order valence-electron chi connectivity index (χ1n) is 6.52. The standard InChI is InChI=1S/C16H16Cl3N/c1-2-11-3-5-12(6-4-11)9-20-10-13-14(17)7-8-15(18)16(13)19/h3-8,20H,2,9-10H2,1H3. The van der Waals surface area contributed by atoms with Gasteiger partial charge in [0.05, 0.1) is 10.0 Å². The van der Waals surface area contributed by atoms with Gasteiger partial charge in [-0.05, 0) is 29.7 Å². The van der Waals surface area contributed by atoms with Gasteiger partial charge in [0.15, 0.2) is 0 Å². The molecule has 106 valence electrons. The molecule has 0 atom stereocenters. The molecule has 0 aromatic heterocycles. The third-order valence-corrected chi connectivity index (χ3v) is 4.40. The van der Waals surface area contributed by atoms with Crippen molar-refractivity contribution >= 4 is 34.8 Å². The minimum Gasteiger partial charge on any atom is -0.309 e. The Morgan fingerprint density at radius 1 is 0.800 bits per heavy atom. The highest BCUT2D eigenvalue weighted by Crippen LogP contribution is 2.31. The zero-order valence-corrected chi connectivity index (χ0v) is 13.5. The van der Waals surface area contributed by atoms with Crippen LogP contribution in [0.15, 0.2) is 36.4 Å². The maximum absolute atomic E-state index is 6.16. The van der Waals surface area contributed by atoms with Crippen LogP contribution in [0, 0.1) is 0 Å². The van der Waals surface area contributed by atoms with E-state index >= 15 is 0 Å². The van der Waals surface area contributed by atoms with Gasteiger partial charge in [0.1, 0.15) is 0 Å². The number of rotatable bonds is 5. The van der Waals surface area contributed by atoms with Crippen molar-refractivity contribution in [1.29, 1.82) is 0 Å². The smallest absolute Gasteiger partial charge is 0.0652 e. The quantitative estimate of drug-likeness (QED) is 0.715. The first-order valence-corrected chi connectivity index (χ1v) is 7.66. The van der Waals surface area contributed by atoms with Gasteiger partial charge >= 0.3 is 0 Å². The van der Waals surface area contributed by atoms with Crippen LogP contribution in [0.3, 0.4) is 0 Å². The summed E-state index contributed by atoms with van der Waals surface area (Å²) in [5, 5.41) is 5.02. The van der Waals surface area contributed by atoms with E-state index < -0.39 is 0 Å². The Hall–Kier alpha value is -0.730. The van der Waals surface area contributed by atoms with E-state index in [0.29, 0.717) is 21.6 Å². The molecule has 0 aliphatic heterocycles. The number of nitrogens with one attached hydrogen (secondary N) is 1. The summed E-state index contributed by atoms with van der Waals surface area (Å²) in [6, 6.07) is 12.0. The molecule has 1 nitrogen and oxygen atoms in total. The SMILES string of the molecule is CCc1ccc(CNCc2c(Cl)ccc(Cl)c2Cl)cc1. The fraction of sp³-hybridized carbons (Fsp3) is 0.250. The van der Waals surface area contributed by atoms with Gasteiger partial charge in [0.2, 0.25) is 0 Å². The molecule has 1 N–H and O–H groups in total. The molecule has 0 bridgehead atoms. The molecule has 20 heavy (non-hydrogen) atoms. The van der Waals surface area contributed by atoms with Gasteiger partial charge in [-0.3, -0.25) is 0 Å². The van der Waals surface area contributed by atoms with Crippen LogP contribution in [0.2, 0.25) is 15.1 Å². The Balaban J connectivity index is 1.97. The Kier molecular flexibility index (Phi) is 5.74. The van der Waals surface area contributed by atoms with Crippen LogP contribution in [0.25, 0.3) is 0 Å². The second-order valence-electron chi connectivity index (χ2n) is 4.60. The maximum Gasteiger partial charge on any atom is 0.0652 e. The van der Waals surface area contributed by atoms with Crippen LogP contribution >= 0.6 is 34.8 Å². The lowest BCUT2D eigenvalue weighted by Gasteiger charge is -2.10. The number of hydrogen-bond donors (Lipinski definition) is 1. The van der Waals surface area contributed by atoms with Crippen LogP contribution in [-0.4, -0.2) is 0 Å². The monoisotopic (exact) mass is 327 g/mol. The van der Waals surface area contributed by atoms with Crippen molar-refractivity contribution in [3.8, 4) is 0 Å². The van der Waals surface area contributed by atoms with Crippen molar-refractivity contribution in [3.05, 3.63) is 68.2 Å². The Morgan fingerprint density at radius 3 is 2.05 bits per heavy atom. The topological polar surface area (TPSA) is 12.0 Å². The van der Waals surface area contributed by atoms with E-state index in [1.54, 1.807) is 12.1 Å². The van der Waals surface area contributed by atoms with Crippen molar-refractivity contribution in [2.24, 2.45) is 0 Å². The largest absolute Gasteiger partial charge is 0.309 e. The summed E-state index contributed by atoms with van der Waals surface area (Å²) in [4.78, 5) is 0. The number of benzene rings is 2.